The van der Waals surface area contributed by atoms with Gasteiger partial charge in [0.1, 0.15) is 0 Å². The van der Waals surface area contributed by atoms with E-state index in [9.17, 15) is 0 Å². The van der Waals surface area contributed by atoms with Crippen LogP contribution in [0, 0.1) is 0 Å². The van der Waals surface area contributed by atoms with E-state index >= 15 is 0 Å². The zero-order valence-corrected chi connectivity index (χ0v) is 10.3. The second-order valence-corrected chi connectivity index (χ2v) is 4.50. The van der Waals surface area contributed by atoms with Crippen LogP contribution in [-0.4, -0.2) is 0 Å². The highest BCUT2D eigenvalue weighted by Gasteiger charge is 2.23. The predicted octanol–water partition coefficient (Wildman–Crippen LogP) is 3.75. The first kappa shape index (κ1) is 11.3. The van der Waals surface area contributed by atoms with Gasteiger partial charge in [-0.15, -0.1) is 0 Å². The maximum atomic E-state index is 3.51. The molecule has 2 rings (SSSR count). The molecule has 1 unspecified atom stereocenters. The number of allylic oxidation sites excluding steroid dienone is 1. The first-order valence-corrected chi connectivity index (χ1v) is 6.34. The minimum atomic E-state index is 0.536. The SMILES string of the molecule is C/C=C/NC1CCc2cccc(CCC)c21. The zero-order valence-electron chi connectivity index (χ0n) is 10.3. The Balaban J connectivity index is 2.27. The summed E-state index contributed by atoms with van der Waals surface area (Å²) in [5.41, 5.74) is 4.66. The first-order chi connectivity index (χ1) is 7.86. The van der Waals surface area contributed by atoms with E-state index in [-0.39, 0.29) is 0 Å². The molecule has 1 aromatic carbocycles. The maximum absolute atomic E-state index is 3.51. The van der Waals surface area contributed by atoms with E-state index in [1.165, 1.54) is 25.7 Å². The molecule has 1 aliphatic rings. The average molecular weight is 215 g/mol. The van der Waals surface area contributed by atoms with Gasteiger partial charge < -0.3 is 5.32 Å². The van der Waals surface area contributed by atoms with Crippen LogP contribution in [0.4, 0.5) is 0 Å². The van der Waals surface area contributed by atoms with Crippen LogP contribution in [-0.2, 0) is 12.8 Å². The summed E-state index contributed by atoms with van der Waals surface area (Å²) in [5, 5.41) is 3.51. The van der Waals surface area contributed by atoms with Crippen molar-refractivity contribution in [1.29, 1.82) is 0 Å². The molecule has 1 atom stereocenters. The highest BCUT2D eigenvalue weighted by atomic mass is 14.9. The third-order valence-electron chi connectivity index (χ3n) is 3.32. The molecule has 86 valence electrons. The highest BCUT2D eigenvalue weighted by Crippen LogP contribution is 2.34. The molecule has 1 aromatic rings. The minimum Gasteiger partial charge on any atom is -0.384 e. The minimum absolute atomic E-state index is 0.536. The molecule has 0 radical (unpaired) electrons. The van der Waals surface area contributed by atoms with E-state index < -0.39 is 0 Å². The van der Waals surface area contributed by atoms with Crippen LogP contribution >= 0.6 is 0 Å². The lowest BCUT2D eigenvalue weighted by Gasteiger charge is -2.16. The van der Waals surface area contributed by atoms with E-state index in [0.717, 1.165) is 0 Å². The Labute approximate surface area is 98.6 Å². The Morgan fingerprint density at radius 3 is 3.06 bits per heavy atom. The van der Waals surface area contributed by atoms with Crippen LogP contribution in [0.3, 0.4) is 0 Å². The molecule has 0 bridgehead atoms. The van der Waals surface area contributed by atoms with E-state index in [1.807, 2.05) is 0 Å². The summed E-state index contributed by atoms with van der Waals surface area (Å²) in [6.45, 7) is 4.31. The molecule has 1 N–H and O–H groups in total. The monoisotopic (exact) mass is 215 g/mol. The summed E-state index contributed by atoms with van der Waals surface area (Å²) >= 11 is 0. The number of nitrogens with one attached hydrogen (secondary N) is 1. The lowest BCUT2D eigenvalue weighted by atomic mass is 9.97. The van der Waals surface area contributed by atoms with Crippen LogP contribution in [0.15, 0.2) is 30.5 Å². The molecule has 0 spiro atoms. The van der Waals surface area contributed by atoms with Crippen LogP contribution in [0.2, 0.25) is 0 Å². The van der Waals surface area contributed by atoms with Gasteiger partial charge in [-0.25, -0.2) is 0 Å². The van der Waals surface area contributed by atoms with Gasteiger partial charge >= 0.3 is 0 Å². The Hall–Kier alpha value is -1.24. The third-order valence-corrected chi connectivity index (χ3v) is 3.32. The number of benzene rings is 1. The lowest BCUT2D eigenvalue weighted by molar-refractivity contribution is 0.610. The number of rotatable bonds is 4. The van der Waals surface area contributed by atoms with Crippen LogP contribution < -0.4 is 5.32 Å². The van der Waals surface area contributed by atoms with Gasteiger partial charge in [-0.2, -0.15) is 0 Å². The topological polar surface area (TPSA) is 12.0 Å². The molecular formula is C15H21N. The van der Waals surface area contributed by atoms with E-state index in [1.54, 1.807) is 16.7 Å². The van der Waals surface area contributed by atoms with E-state index in [2.05, 4.69) is 49.6 Å². The second-order valence-electron chi connectivity index (χ2n) is 4.50. The van der Waals surface area contributed by atoms with Crippen molar-refractivity contribution in [2.24, 2.45) is 0 Å². The quantitative estimate of drug-likeness (QED) is 0.806. The van der Waals surface area contributed by atoms with Gasteiger partial charge in [-0.05, 0) is 49.1 Å². The molecule has 0 fully saturated rings. The normalized spacial score (nSPS) is 19.0. The molecule has 1 aliphatic carbocycles. The molecule has 0 heterocycles. The second kappa shape index (κ2) is 5.20. The van der Waals surface area contributed by atoms with Crippen LogP contribution in [0.1, 0.15) is 49.4 Å². The van der Waals surface area contributed by atoms with Gasteiger partial charge in [0.2, 0.25) is 0 Å². The number of fused-ring (bicyclic) bond motifs is 1. The van der Waals surface area contributed by atoms with Gasteiger partial charge in [0, 0.05) is 0 Å². The Morgan fingerprint density at radius 1 is 1.44 bits per heavy atom. The molecule has 0 aromatic heterocycles. The number of hydrogen-bond acceptors (Lipinski definition) is 1. The fraction of sp³-hybridized carbons (Fsp3) is 0.467. The summed E-state index contributed by atoms with van der Waals surface area (Å²) < 4.78 is 0. The number of aryl methyl sites for hydroxylation is 2. The summed E-state index contributed by atoms with van der Waals surface area (Å²) in [6, 6.07) is 7.32. The smallest absolute Gasteiger partial charge is 0.0516 e. The van der Waals surface area contributed by atoms with Crippen molar-refractivity contribution >= 4 is 0 Å². The van der Waals surface area contributed by atoms with Gasteiger partial charge in [-0.1, -0.05) is 37.6 Å². The van der Waals surface area contributed by atoms with Gasteiger partial charge in [-0.3, -0.25) is 0 Å². The van der Waals surface area contributed by atoms with Crippen molar-refractivity contribution in [3.8, 4) is 0 Å². The van der Waals surface area contributed by atoms with Crippen LogP contribution in [0.25, 0.3) is 0 Å². The van der Waals surface area contributed by atoms with Crippen molar-refractivity contribution < 1.29 is 0 Å². The molecule has 16 heavy (non-hydrogen) atoms. The summed E-state index contributed by atoms with van der Waals surface area (Å²) in [5.74, 6) is 0. The van der Waals surface area contributed by atoms with Crippen molar-refractivity contribution in [2.75, 3.05) is 0 Å². The summed E-state index contributed by atoms with van der Waals surface area (Å²) in [4.78, 5) is 0. The van der Waals surface area contributed by atoms with Crippen molar-refractivity contribution in [2.45, 2.75) is 45.6 Å². The molecule has 0 saturated carbocycles. The molecule has 1 heteroatoms. The predicted molar refractivity (Wildman–Crippen MR) is 69.4 cm³/mol. The molecule has 0 aliphatic heterocycles. The van der Waals surface area contributed by atoms with Crippen molar-refractivity contribution in [1.82, 2.24) is 5.32 Å². The van der Waals surface area contributed by atoms with Crippen LogP contribution in [0.5, 0.6) is 0 Å². The van der Waals surface area contributed by atoms with Gasteiger partial charge in [0.05, 0.1) is 6.04 Å². The maximum Gasteiger partial charge on any atom is 0.0516 e. The summed E-state index contributed by atoms with van der Waals surface area (Å²) in [6.07, 6.45) is 9.04. The Morgan fingerprint density at radius 2 is 2.31 bits per heavy atom. The Kier molecular flexibility index (Phi) is 3.66. The van der Waals surface area contributed by atoms with Crippen molar-refractivity contribution in [3.05, 3.63) is 47.2 Å². The van der Waals surface area contributed by atoms with Gasteiger partial charge in [0.15, 0.2) is 0 Å². The lowest BCUT2D eigenvalue weighted by Crippen LogP contribution is -2.13. The summed E-state index contributed by atoms with van der Waals surface area (Å²) in [7, 11) is 0. The molecular weight excluding hydrogens is 194 g/mol. The first-order valence-electron chi connectivity index (χ1n) is 6.34. The highest BCUT2D eigenvalue weighted by molar-refractivity contribution is 5.41. The molecule has 0 amide bonds. The molecule has 1 nitrogen and oxygen atoms in total. The molecule has 0 saturated heterocycles. The fourth-order valence-electron chi connectivity index (χ4n) is 2.64. The third kappa shape index (κ3) is 2.13. The van der Waals surface area contributed by atoms with E-state index in [0.29, 0.717) is 6.04 Å². The van der Waals surface area contributed by atoms with E-state index in [4.69, 9.17) is 0 Å². The average Bonchev–Trinajstić information content (AvgIpc) is 2.71. The largest absolute Gasteiger partial charge is 0.384 e. The zero-order chi connectivity index (χ0) is 11.4. The van der Waals surface area contributed by atoms with Crippen molar-refractivity contribution in [3.63, 3.8) is 0 Å². The standard InChI is InChI=1S/C15H21N/c1-3-6-12-7-5-8-13-9-10-14(15(12)13)16-11-4-2/h4-5,7-8,11,14,16H,3,6,9-10H2,1-2H3/b11-4+. The number of hydrogen-bond donors (Lipinski definition) is 1. The fourth-order valence-corrected chi connectivity index (χ4v) is 2.64. The Bertz CT molecular complexity index is 379. The van der Waals surface area contributed by atoms with Gasteiger partial charge in [0.25, 0.3) is 0 Å².